The molecule has 0 bridgehead atoms. The molecule has 6 nitrogen and oxygen atoms in total. The average molecular weight is 470 g/mol. The molecule has 0 radical (unpaired) electrons. The van der Waals surface area contributed by atoms with Crippen LogP contribution in [0.4, 0.5) is 11.4 Å². The summed E-state index contributed by atoms with van der Waals surface area (Å²) >= 11 is 5.31. The average Bonchev–Trinajstić information content (AvgIpc) is 2.84. The molecule has 3 N–H and O–H groups in total. The number of fused-ring (bicyclic) bond motifs is 1. The largest absolute Gasteiger partial charge is 0.496 e. The molecule has 0 saturated heterocycles. The number of anilines is 2. The van der Waals surface area contributed by atoms with Crippen LogP contribution in [-0.4, -0.2) is 24.0 Å². The van der Waals surface area contributed by atoms with Gasteiger partial charge in [-0.2, -0.15) is 0 Å². The van der Waals surface area contributed by atoms with Gasteiger partial charge in [-0.05, 0) is 65.0 Å². The van der Waals surface area contributed by atoms with E-state index in [2.05, 4.69) is 16.0 Å². The maximum Gasteiger partial charge on any atom is 0.261 e. The summed E-state index contributed by atoms with van der Waals surface area (Å²) in [7, 11) is 1.53. The first-order chi connectivity index (χ1) is 16.5. The van der Waals surface area contributed by atoms with Gasteiger partial charge >= 0.3 is 0 Å². The van der Waals surface area contributed by atoms with Crippen LogP contribution < -0.4 is 20.7 Å². The number of rotatable bonds is 6. The second-order valence-corrected chi connectivity index (χ2v) is 8.00. The Balaban J connectivity index is 1.35. The number of methoxy groups -OCH3 is 1. The van der Waals surface area contributed by atoms with Crippen molar-refractivity contribution in [1.29, 1.82) is 0 Å². The van der Waals surface area contributed by atoms with Crippen molar-refractivity contribution in [3.05, 3.63) is 102 Å². The Bertz CT molecular complexity index is 1340. The molecule has 2 amide bonds. The van der Waals surface area contributed by atoms with Crippen molar-refractivity contribution in [2.24, 2.45) is 0 Å². The highest BCUT2D eigenvalue weighted by molar-refractivity contribution is 7.80. The second kappa shape index (κ2) is 10.6. The van der Waals surface area contributed by atoms with Crippen LogP contribution in [0.25, 0.3) is 10.8 Å². The fourth-order valence-electron chi connectivity index (χ4n) is 3.52. The van der Waals surface area contributed by atoms with Crippen LogP contribution in [0.5, 0.6) is 5.75 Å². The maximum absolute atomic E-state index is 12.8. The molecule has 0 heterocycles. The van der Waals surface area contributed by atoms with Gasteiger partial charge in [0.1, 0.15) is 5.75 Å². The summed E-state index contributed by atoms with van der Waals surface area (Å²) in [5.41, 5.74) is 2.68. The van der Waals surface area contributed by atoms with Crippen LogP contribution in [0, 0.1) is 0 Å². The predicted molar refractivity (Wildman–Crippen MR) is 139 cm³/mol. The van der Waals surface area contributed by atoms with E-state index in [0.29, 0.717) is 29.1 Å². The molecular formula is C27H23N3O3S. The minimum Gasteiger partial charge on any atom is -0.496 e. The highest BCUT2D eigenvalue weighted by Crippen LogP contribution is 2.26. The molecule has 0 saturated carbocycles. The third-order valence-electron chi connectivity index (χ3n) is 5.17. The summed E-state index contributed by atoms with van der Waals surface area (Å²) in [4.78, 5) is 25.1. The van der Waals surface area contributed by atoms with Crippen LogP contribution in [0.1, 0.15) is 15.9 Å². The van der Waals surface area contributed by atoms with Gasteiger partial charge in [0.05, 0.1) is 19.1 Å². The third kappa shape index (κ3) is 5.76. The number of hydrogen-bond acceptors (Lipinski definition) is 4. The van der Waals surface area contributed by atoms with E-state index in [1.54, 1.807) is 30.3 Å². The summed E-state index contributed by atoms with van der Waals surface area (Å²) in [6.07, 6.45) is 0.301. The first kappa shape index (κ1) is 22.9. The van der Waals surface area contributed by atoms with Crippen molar-refractivity contribution in [2.45, 2.75) is 6.42 Å². The molecule has 0 aliphatic carbocycles. The minimum absolute atomic E-state index is 0.0981. The van der Waals surface area contributed by atoms with Crippen LogP contribution in [-0.2, 0) is 11.2 Å². The molecule has 0 aliphatic heterocycles. The van der Waals surface area contributed by atoms with E-state index in [-0.39, 0.29) is 16.9 Å². The number of amides is 2. The van der Waals surface area contributed by atoms with Gasteiger partial charge < -0.3 is 15.4 Å². The van der Waals surface area contributed by atoms with Crippen molar-refractivity contribution in [3.8, 4) is 5.75 Å². The Morgan fingerprint density at radius 1 is 0.794 bits per heavy atom. The van der Waals surface area contributed by atoms with Gasteiger partial charge in [0.15, 0.2) is 5.11 Å². The van der Waals surface area contributed by atoms with Gasteiger partial charge in [0.25, 0.3) is 5.91 Å². The van der Waals surface area contributed by atoms with E-state index in [0.717, 1.165) is 16.3 Å². The molecule has 0 aliphatic rings. The molecule has 4 aromatic rings. The highest BCUT2D eigenvalue weighted by atomic mass is 32.1. The Morgan fingerprint density at radius 3 is 2.03 bits per heavy atom. The topological polar surface area (TPSA) is 79.5 Å². The third-order valence-corrected chi connectivity index (χ3v) is 5.38. The number of hydrogen-bond donors (Lipinski definition) is 3. The lowest BCUT2D eigenvalue weighted by molar-refractivity contribution is -0.115. The Morgan fingerprint density at radius 2 is 1.38 bits per heavy atom. The Kier molecular flexibility index (Phi) is 7.15. The molecule has 7 heteroatoms. The quantitative estimate of drug-likeness (QED) is 0.340. The van der Waals surface area contributed by atoms with Gasteiger partial charge in [-0.1, -0.05) is 54.6 Å². The Labute approximate surface area is 202 Å². The van der Waals surface area contributed by atoms with Crippen molar-refractivity contribution in [2.75, 3.05) is 17.7 Å². The molecule has 170 valence electrons. The summed E-state index contributed by atoms with van der Waals surface area (Å²) < 4.78 is 5.40. The van der Waals surface area contributed by atoms with E-state index in [1.165, 1.54) is 7.11 Å². The molecule has 0 unspecified atom stereocenters. The number of nitrogens with one attached hydrogen (secondary N) is 3. The second-order valence-electron chi connectivity index (χ2n) is 7.60. The zero-order chi connectivity index (χ0) is 23.9. The van der Waals surface area contributed by atoms with Crippen molar-refractivity contribution < 1.29 is 14.3 Å². The lowest BCUT2D eigenvalue weighted by Crippen LogP contribution is -2.34. The maximum atomic E-state index is 12.8. The van der Waals surface area contributed by atoms with Gasteiger partial charge in [-0.15, -0.1) is 0 Å². The first-order valence-electron chi connectivity index (χ1n) is 10.6. The molecule has 0 atom stereocenters. The fourth-order valence-corrected chi connectivity index (χ4v) is 3.73. The number of ether oxygens (including phenoxy) is 1. The van der Waals surface area contributed by atoms with E-state index in [1.807, 2.05) is 60.7 Å². The zero-order valence-electron chi connectivity index (χ0n) is 18.5. The normalized spacial score (nSPS) is 10.4. The summed E-state index contributed by atoms with van der Waals surface area (Å²) in [6, 6.07) is 28.0. The van der Waals surface area contributed by atoms with Crippen LogP contribution in [0.2, 0.25) is 0 Å². The number of carbonyl (C=O) groups excluding carboxylic acids is 2. The monoisotopic (exact) mass is 469 g/mol. The molecular weight excluding hydrogens is 446 g/mol. The van der Waals surface area contributed by atoms with Crippen LogP contribution >= 0.6 is 12.2 Å². The number of thiocarbonyl (C=S) groups is 1. The van der Waals surface area contributed by atoms with Crippen molar-refractivity contribution >= 4 is 51.3 Å². The summed E-state index contributed by atoms with van der Waals surface area (Å²) in [5.74, 6) is -0.00137. The lowest BCUT2D eigenvalue weighted by atomic mass is 10.1. The highest BCUT2D eigenvalue weighted by Gasteiger charge is 2.15. The molecule has 4 aromatic carbocycles. The lowest BCUT2D eigenvalue weighted by Gasteiger charge is -2.13. The van der Waals surface area contributed by atoms with Crippen LogP contribution in [0.3, 0.4) is 0 Å². The van der Waals surface area contributed by atoms with Gasteiger partial charge in [0, 0.05) is 11.4 Å². The van der Waals surface area contributed by atoms with Gasteiger partial charge in [0.2, 0.25) is 5.91 Å². The van der Waals surface area contributed by atoms with E-state index >= 15 is 0 Å². The molecule has 0 aromatic heterocycles. The van der Waals surface area contributed by atoms with Crippen molar-refractivity contribution in [1.82, 2.24) is 5.32 Å². The predicted octanol–water partition coefficient (Wildman–Crippen LogP) is 5.16. The molecule has 0 fully saturated rings. The molecule has 4 rings (SSSR count). The van der Waals surface area contributed by atoms with Crippen molar-refractivity contribution in [3.63, 3.8) is 0 Å². The fraction of sp³-hybridized carbons (Fsp3) is 0.0741. The van der Waals surface area contributed by atoms with Gasteiger partial charge in [-0.25, -0.2) is 0 Å². The molecule has 0 spiro atoms. The number of benzene rings is 4. The van der Waals surface area contributed by atoms with Gasteiger partial charge in [-0.3, -0.25) is 14.9 Å². The Hall–Kier alpha value is -4.23. The standard InChI is InChI=1S/C27H23N3O3S/c1-33-24-17-20-10-6-5-9-19(20)16-23(24)26(32)30-27(34)29-22-13-11-21(12-14-22)28-25(31)15-18-7-3-2-4-8-18/h2-14,16-17H,15H2,1H3,(H,28,31)(H2,29,30,32,34). The van der Waals surface area contributed by atoms with E-state index in [4.69, 9.17) is 17.0 Å². The van der Waals surface area contributed by atoms with Crippen LogP contribution in [0.15, 0.2) is 91.0 Å². The smallest absolute Gasteiger partial charge is 0.261 e. The van der Waals surface area contributed by atoms with E-state index in [9.17, 15) is 9.59 Å². The SMILES string of the molecule is COc1cc2ccccc2cc1C(=O)NC(=S)Nc1ccc(NC(=O)Cc2ccccc2)cc1. The first-order valence-corrected chi connectivity index (χ1v) is 11.1. The molecule has 34 heavy (non-hydrogen) atoms. The number of carbonyl (C=O) groups is 2. The van der Waals surface area contributed by atoms with E-state index < -0.39 is 0 Å². The summed E-state index contributed by atoms with van der Waals surface area (Å²) in [6.45, 7) is 0. The zero-order valence-corrected chi connectivity index (χ0v) is 19.3. The minimum atomic E-state index is -0.370. The summed E-state index contributed by atoms with van der Waals surface area (Å²) in [5, 5.41) is 10.6.